The average Bonchev–Trinajstić information content (AvgIpc) is 3.38. The average molecular weight is 465 g/mol. The van der Waals surface area contributed by atoms with Gasteiger partial charge in [-0.15, -0.1) is 10.2 Å². The number of nitrogens with zero attached hydrogens (tertiary/aromatic N) is 6. The van der Waals surface area contributed by atoms with Crippen molar-refractivity contribution in [1.29, 1.82) is 0 Å². The van der Waals surface area contributed by atoms with Crippen molar-refractivity contribution in [2.24, 2.45) is 12.9 Å². The summed E-state index contributed by atoms with van der Waals surface area (Å²) in [5.74, 6) is 4.40. The number of carbonyl (C=O) groups excluding carboxylic acids is 1. The van der Waals surface area contributed by atoms with Gasteiger partial charge < -0.3 is 9.63 Å². The largest absolute Gasteiger partial charge is 0.488 e. The molecule has 3 aromatic rings. The summed E-state index contributed by atoms with van der Waals surface area (Å²) < 4.78 is 39.6. The molecule has 0 saturated carbocycles. The van der Waals surface area contributed by atoms with Gasteiger partial charge in [0.1, 0.15) is 17.6 Å². The predicted molar refractivity (Wildman–Crippen MR) is 106 cm³/mol. The van der Waals surface area contributed by atoms with E-state index < -0.39 is 32.4 Å². The highest BCUT2D eigenvalue weighted by atomic mass is 31.2. The minimum atomic E-state index is -4.42. The molecule has 1 amide bonds. The Labute approximate surface area is 180 Å². The predicted octanol–water partition coefficient (Wildman–Crippen LogP) is 1.41. The lowest BCUT2D eigenvalue weighted by atomic mass is 10.1. The van der Waals surface area contributed by atoms with Crippen LogP contribution >= 0.6 is 7.82 Å². The van der Waals surface area contributed by atoms with Crippen LogP contribution in [-0.2, 0) is 25.5 Å². The minimum Gasteiger partial charge on any atom is -0.441 e. The van der Waals surface area contributed by atoms with Crippen LogP contribution in [0.4, 0.5) is 14.9 Å². The highest BCUT2D eigenvalue weighted by Crippen LogP contribution is 2.41. The number of phosphoric acid groups is 1. The summed E-state index contributed by atoms with van der Waals surface area (Å²) in [6.45, 7) is -0.448. The summed E-state index contributed by atoms with van der Waals surface area (Å²) in [6.07, 6.45) is -0.143. The van der Waals surface area contributed by atoms with Crippen LogP contribution in [0.25, 0.3) is 22.6 Å². The van der Waals surface area contributed by atoms with Crippen LogP contribution in [0.3, 0.4) is 0 Å². The fourth-order valence-electron chi connectivity index (χ4n) is 3.01. The maximum absolute atomic E-state index is 14.8. The molecule has 3 N–H and O–H groups in total. The summed E-state index contributed by atoms with van der Waals surface area (Å²) in [4.78, 5) is 28.0. The van der Waals surface area contributed by atoms with Crippen LogP contribution in [0.2, 0.25) is 0 Å². The van der Waals surface area contributed by atoms with Gasteiger partial charge in [-0.05, 0) is 29.5 Å². The number of halogens is 1. The van der Waals surface area contributed by atoms with Crippen molar-refractivity contribution in [2.45, 2.75) is 6.10 Å². The van der Waals surface area contributed by atoms with Gasteiger partial charge in [0, 0.05) is 17.3 Å². The van der Waals surface area contributed by atoms with Crippen molar-refractivity contribution in [3.63, 3.8) is 0 Å². The summed E-state index contributed by atoms with van der Waals surface area (Å²) in [7, 11) is -2.79. The zero-order chi connectivity index (χ0) is 22.9. The van der Waals surface area contributed by atoms with Crippen molar-refractivity contribution in [3.8, 4) is 22.6 Å². The molecule has 1 fully saturated rings. The smallest absolute Gasteiger partial charge is 0.441 e. The van der Waals surface area contributed by atoms with E-state index in [9.17, 15) is 13.8 Å². The van der Waals surface area contributed by atoms with Crippen LogP contribution in [0.5, 0.6) is 0 Å². The number of phosphoric ester groups is 1. The van der Waals surface area contributed by atoms with Gasteiger partial charge in [-0.3, -0.25) is 14.4 Å². The number of rotatable bonds is 7. The number of nitrogens with two attached hydrogens (primary N) is 1. The Hall–Kier alpha value is -3.29. The summed E-state index contributed by atoms with van der Waals surface area (Å²) in [5, 5.41) is 11.7. The van der Waals surface area contributed by atoms with E-state index in [2.05, 4.69) is 35.4 Å². The molecule has 15 heteroatoms. The lowest BCUT2D eigenvalue weighted by molar-refractivity contribution is 0.0778. The van der Waals surface area contributed by atoms with E-state index in [0.717, 1.165) is 0 Å². The lowest BCUT2D eigenvalue weighted by Crippen LogP contribution is -2.26. The fourth-order valence-corrected chi connectivity index (χ4v) is 3.42. The highest BCUT2D eigenvalue weighted by Gasteiger charge is 2.35. The molecule has 4 rings (SSSR count). The fraction of sp³-hybridized carbons (Fsp3) is 0.235. The number of pyridine rings is 1. The summed E-state index contributed by atoms with van der Waals surface area (Å²) >= 11 is 0. The number of anilines is 1. The van der Waals surface area contributed by atoms with Crippen LogP contribution < -0.4 is 10.8 Å². The van der Waals surface area contributed by atoms with Gasteiger partial charge in [-0.2, -0.15) is 4.80 Å². The second-order valence-electron chi connectivity index (χ2n) is 6.68. The standard InChI is InChI=1S/C17H17FN7O6P/c1-24-22-16(21-23-24)15-5-2-10(7-20-15)13-4-3-11(6-14(13)18)25-8-12(30-17(25)26)9-29-32(27,28)31-19/h2-7,12H,8-9,19H2,1H3,(H,27,28). The molecule has 0 radical (unpaired) electrons. The van der Waals surface area contributed by atoms with E-state index in [1.54, 1.807) is 25.2 Å². The van der Waals surface area contributed by atoms with Crippen molar-refractivity contribution in [2.75, 3.05) is 18.1 Å². The lowest BCUT2D eigenvalue weighted by Gasteiger charge is -2.15. The van der Waals surface area contributed by atoms with Gasteiger partial charge >= 0.3 is 13.9 Å². The third kappa shape index (κ3) is 4.64. The number of carbonyl (C=O) groups is 1. The zero-order valence-corrected chi connectivity index (χ0v) is 17.4. The number of amides is 1. The normalized spacial score (nSPS) is 17.9. The first-order valence-corrected chi connectivity index (χ1v) is 10.6. The SMILES string of the molecule is Cn1nnc(-c2ccc(-c3ccc(N4CC(COP(=O)(O)ON)OC4=O)cc3F)cn2)n1. The monoisotopic (exact) mass is 465 g/mol. The number of benzene rings is 1. The van der Waals surface area contributed by atoms with E-state index in [4.69, 9.17) is 9.63 Å². The molecule has 0 aliphatic carbocycles. The van der Waals surface area contributed by atoms with Gasteiger partial charge in [0.05, 0.1) is 25.9 Å². The molecule has 13 nitrogen and oxygen atoms in total. The first-order valence-electron chi connectivity index (χ1n) is 9.10. The Morgan fingerprint density at radius 2 is 2.19 bits per heavy atom. The molecule has 32 heavy (non-hydrogen) atoms. The molecule has 2 unspecified atom stereocenters. The highest BCUT2D eigenvalue weighted by molar-refractivity contribution is 7.47. The molecule has 0 spiro atoms. The number of aromatic nitrogens is 5. The molecule has 2 atom stereocenters. The number of hydrogen-bond donors (Lipinski definition) is 2. The molecule has 3 heterocycles. The Kier molecular flexibility index (Phi) is 5.95. The summed E-state index contributed by atoms with van der Waals surface area (Å²) in [6, 6.07) is 7.54. The second-order valence-corrected chi connectivity index (χ2v) is 8.09. The second kappa shape index (κ2) is 8.68. The van der Waals surface area contributed by atoms with Gasteiger partial charge in [0.15, 0.2) is 0 Å². The maximum Gasteiger partial charge on any atom is 0.488 e. The Morgan fingerprint density at radius 3 is 2.81 bits per heavy atom. The van der Waals surface area contributed by atoms with Crippen molar-refractivity contribution < 1.29 is 32.5 Å². The molecule has 1 aliphatic heterocycles. The quantitative estimate of drug-likeness (QED) is 0.382. The molecule has 2 aromatic heterocycles. The molecule has 1 aliphatic rings. The van der Waals surface area contributed by atoms with Gasteiger partial charge in [-0.25, -0.2) is 24.3 Å². The van der Waals surface area contributed by atoms with Crippen molar-refractivity contribution >= 4 is 19.6 Å². The van der Waals surface area contributed by atoms with E-state index in [1.807, 2.05) is 0 Å². The Balaban J connectivity index is 1.47. The first kappa shape index (κ1) is 21.9. The van der Waals surface area contributed by atoms with E-state index in [0.29, 0.717) is 17.1 Å². The molecular weight excluding hydrogens is 448 g/mol. The molecule has 0 bridgehead atoms. The van der Waals surface area contributed by atoms with Crippen LogP contribution in [-0.4, -0.2) is 55.4 Å². The van der Waals surface area contributed by atoms with Crippen molar-refractivity contribution in [1.82, 2.24) is 25.2 Å². The first-order chi connectivity index (χ1) is 15.3. The van der Waals surface area contributed by atoms with Gasteiger partial charge in [-0.1, -0.05) is 6.07 Å². The Morgan fingerprint density at radius 1 is 1.38 bits per heavy atom. The topological polar surface area (TPSA) is 168 Å². The zero-order valence-electron chi connectivity index (χ0n) is 16.5. The number of hydrogen-bond acceptors (Lipinski definition) is 10. The number of cyclic esters (lactones) is 1. The van der Waals surface area contributed by atoms with Crippen molar-refractivity contribution in [3.05, 3.63) is 42.3 Å². The van der Waals surface area contributed by atoms with Crippen LogP contribution in [0, 0.1) is 5.82 Å². The Bertz CT molecular complexity index is 1190. The third-order valence-electron chi connectivity index (χ3n) is 4.51. The van der Waals surface area contributed by atoms with E-state index >= 15 is 0 Å². The molecular formula is C17H17FN7O6P. The van der Waals surface area contributed by atoms with E-state index in [-0.39, 0.29) is 17.8 Å². The van der Waals surface area contributed by atoms with E-state index in [1.165, 1.54) is 28.0 Å². The van der Waals surface area contributed by atoms with Crippen LogP contribution in [0.15, 0.2) is 36.5 Å². The number of tetrazole rings is 1. The number of ether oxygens (including phenoxy) is 1. The van der Waals surface area contributed by atoms with Crippen LogP contribution in [0.1, 0.15) is 0 Å². The molecule has 1 aromatic carbocycles. The van der Waals surface area contributed by atoms with Gasteiger partial charge in [0.25, 0.3) is 0 Å². The van der Waals surface area contributed by atoms with Gasteiger partial charge in [0.2, 0.25) is 5.82 Å². The minimum absolute atomic E-state index is 0.0243. The summed E-state index contributed by atoms with van der Waals surface area (Å²) in [5.41, 5.74) is 1.51. The number of aryl methyl sites for hydroxylation is 1. The molecule has 168 valence electrons. The molecule has 1 saturated heterocycles. The maximum atomic E-state index is 14.8. The third-order valence-corrected chi connectivity index (χ3v) is 5.25.